The van der Waals surface area contributed by atoms with Gasteiger partial charge in [-0.25, -0.2) is 0 Å². The average Bonchev–Trinajstić information content (AvgIpc) is 2.24. The van der Waals surface area contributed by atoms with Crippen LogP contribution in [0, 0.1) is 11.8 Å². The van der Waals surface area contributed by atoms with Crippen LogP contribution in [0.3, 0.4) is 0 Å². The Morgan fingerprint density at radius 2 is 1.75 bits per heavy atom. The van der Waals surface area contributed by atoms with Crippen molar-refractivity contribution in [2.45, 2.75) is 45.1 Å². The van der Waals surface area contributed by atoms with Gasteiger partial charge in [-0.15, -0.1) is 0 Å². The molecule has 2 rings (SSSR count). The molecule has 2 nitrogen and oxygen atoms in total. The van der Waals surface area contributed by atoms with E-state index in [1.54, 1.807) is 0 Å². The van der Waals surface area contributed by atoms with Crippen LogP contribution in [0.15, 0.2) is 0 Å². The first kappa shape index (κ1) is 12.4. The normalized spacial score (nSPS) is 38.8. The Balaban J connectivity index is 1.76. The maximum absolute atomic E-state index is 2.56. The molecule has 0 spiro atoms. The van der Waals surface area contributed by atoms with E-state index in [9.17, 15) is 0 Å². The molecule has 3 atom stereocenters. The molecule has 0 saturated carbocycles. The lowest BCUT2D eigenvalue weighted by molar-refractivity contribution is 0.113. The maximum atomic E-state index is 2.56. The molecule has 0 aromatic carbocycles. The van der Waals surface area contributed by atoms with Crippen molar-refractivity contribution in [3.63, 3.8) is 0 Å². The van der Waals surface area contributed by atoms with Gasteiger partial charge in [0.2, 0.25) is 0 Å². The van der Waals surface area contributed by atoms with Gasteiger partial charge in [0.1, 0.15) is 0 Å². The van der Waals surface area contributed by atoms with Crippen LogP contribution in [-0.4, -0.2) is 49.6 Å². The Morgan fingerprint density at radius 1 is 1.00 bits per heavy atom. The van der Waals surface area contributed by atoms with Crippen LogP contribution < -0.4 is 0 Å². The summed E-state index contributed by atoms with van der Waals surface area (Å²) in [7, 11) is 4.57. The Labute approximate surface area is 101 Å². The van der Waals surface area contributed by atoms with E-state index in [0.717, 1.165) is 17.9 Å². The summed E-state index contributed by atoms with van der Waals surface area (Å²) in [5, 5.41) is 0. The fraction of sp³-hybridized carbons (Fsp3) is 1.00. The van der Waals surface area contributed by atoms with Crippen molar-refractivity contribution in [2.24, 2.45) is 11.8 Å². The Bertz CT molecular complexity index is 217. The minimum absolute atomic E-state index is 0.810. The monoisotopic (exact) mass is 224 g/mol. The number of piperidine rings is 2. The zero-order chi connectivity index (χ0) is 11.5. The molecule has 0 aromatic rings. The lowest BCUT2D eigenvalue weighted by atomic mass is 9.83. The molecule has 94 valence electrons. The number of nitrogens with zero attached hydrogens (tertiary/aromatic N) is 2. The molecule has 0 aromatic heterocycles. The van der Waals surface area contributed by atoms with E-state index < -0.39 is 0 Å². The number of hydrogen-bond donors (Lipinski definition) is 0. The van der Waals surface area contributed by atoms with Crippen molar-refractivity contribution in [3.05, 3.63) is 0 Å². The predicted octanol–water partition coefficient (Wildman–Crippen LogP) is 2.45. The van der Waals surface area contributed by atoms with Gasteiger partial charge < -0.3 is 9.80 Å². The highest BCUT2D eigenvalue weighted by molar-refractivity contribution is 4.80. The Kier molecular flexibility index (Phi) is 4.26. The molecule has 0 radical (unpaired) electrons. The van der Waals surface area contributed by atoms with Crippen LogP contribution in [0.5, 0.6) is 0 Å². The van der Waals surface area contributed by atoms with Gasteiger partial charge in [0.25, 0.3) is 0 Å². The van der Waals surface area contributed by atoms with Crippen LogP contribution >= 0.6 is 0 Å². The topological polar surface area (TPSA) is 6.48 Å². The number of likely N-dealkylation sites (tertiary alicyclic amines) is 2. The van der Waals surface area contributed by atoms with Crippen LogP contribution in [0.4, 0.5) is 0 Å². The molecule has 2 aliphatic heterocycles. The molecule has 2 aliphatic rings. The summed E-state index contributed by atoms with van der Waals surface area (Å²) in [5.41, 5.74) is 0. The third-order valence-electron chi connectivity index (χ3n) is 4.68. The minimum Gasteiger partial charge on any atom is -0.306 e. The van der Waals surface area contributed by atoms with Crippen LogP contribution in [0.2, 0.25) is 0 Å². The van der Waals surface area contributed by atoms with E-state index in [1.807, 2.05) is 0 Å². The van der Waals surface area contributed by atoms with E-state index in [-0.39, 0.29) is 0 Å². The largest absolute Gasteiger partial charge is 0.306 e. The van der Waals surface area contributed by atoms with Crippen molar-refractivity contribution >= 4 is 0 Å². The number of hydrogen-bond acceptors (Lipinski definition) is 2. The summed E-state index contributed by atoms with van der Waals surface area (Å²) in [5.74, 6) is 1.95. The summed E-state index contributed by atoms with van der Waals surface area (Å²) in [6, 6.07) is 0.810. The summed E-state index contributed by atoms with van der Waals surface area (Å²) in [6.45, 7) is 6.36. The summed E-state index contributed by atoms with van der Waals surface area (Å²) < 4.78 is 0. The number of rotatable bonds is 2. The lowest BCUT2D eigenvalue weighted by Crippen LogP contribution is -2.40. The Morgan fingerprint density at radius 3 is 2.44 bits per heavy atom. The van der Waals surface area contributed by atoms with Crippen LogP contribution in [0.1, 0.15) is 39.0 Å². The molecule has 3 unspecified atom stereocenters. The molecule has 0 aliphatic carbocycles. The van der Waals surface area contributed by atoms with Gasteiger partial charge >= 0.3 is 0 Å². The summed E-state index contributed by atoms with van der Waals surface area (Å²) in [4.78, 5) is 5.07. The van der Waals surface area contributed by atoms with Gasteiger partial charge in [-0.05, 0) is 71.5 Å². The molecule has 0 amide bonds. The zero-order valence-corrected chi connectivity index (χ0v) is 11.3. The van der Waals surface area contributed by atoms with Gasteiger partial charge in [0, 0.05) is 19.1 Å². The molecule has 2 heteroatoms. The second-order valence-electron chi connectivity index (χ2n) is 6.24. The van der Waals surface area contributed by atoms with Crippen molar-refractivity contribution < 1.29 is 0 Å². The van der Waals surface area contributed by atoms with Gasteiger partial charge in [-0.1, -0.05) is 0 Å². The smallest absolute Gasteiger partial charge is 0.00641 e. The highest BCUT2D eigenvalue weighted by Crippen LogP contribution is 2.29. The average molecular weight is 224 g/mol. The maximum Gasteiger partial charge on any atom is 0.00641 e. The fourth-order valence-electron chi connectivity index (χ4n) is 3.51. The van der Waals surface area contributed by atoms with E-state index in [0.29, 0.717) is 0 Å². The van der Waals surface area contributed by atoms with Crippen molar-refractivity contribution in [1.82, 2.24) is 9.80 Å². The molecule has 0 N–H and O–H groups in total. The third kappa shape index (κ3) is 3.21. The summed E-state index contributed by atoms with van der Waals surface area (Å²) in [6.07, 6.45) is 7.23. The first-order valence-electron chi connectivity index (χ1n) is 7.04. The highest BCUT2D eigenvalue weighted by atomic mass is 15.1. The van der Waals surface area contributed by atoms with E-state index in [2.05, 4.69) is 30.8 Å². The van der Waals surface area contributed by atoms with Crippen molar-refractivity contribution in [1.29, 1.82) is 0 Å². The molecule has 2 saturated heterocycles. The van der Waals surface area contributed by atoms with E-state index in [1.165, 1.54) is 51.7 Å². The predicted molar refractivity (Wildman–Crippen MR) is 69.7 cm³/mol. The molecule has 2 fully saturated rings. The second-order valence-corrected chi connectivity index (χ2v) is 6.24. The van der Waals surface area contributed by atoms with Gasteiger partial charge in [-0.3, -0.25) is 0 Å². The zero-order valence-electron chi connectivity index (χ0n) is 11.3. The summed E-state index contributed by atoms with van der Waals surface area (Å²) >= 11 is 0. The molecule has 16 heavy (non-hydrogen) atoms. The second kappa shape index (κ2) is 5.50. The van der Waals surface area contributed by atoms with Crippen LogP contribution in [0.25, 0.3) is 0 Å². The first-order chi connectivity index (χ1) is 7.65. The molecule has 2 heterocycles. The molecule has 0 bridgehead atoms. The minimum atomic E-state index is 0.810. The highest BCUT2D eigenvalue weighted by Gasteiger charge is 2.26. The first-order valence-corrected chi connectivity index (χ1v) is 7.04. The standard InChI is InChI=1S/C14H28N2/c1-12-6-7-14(11-16(12)3)9-13-5-4-8-15(2)10-13/h12-14H,4-11H2,1-3H3. The quantitative estimate of drug-likeness (QED) is 0.711. The van der Waals surface area contributed by atoms with E-state index >= 15 is 0 Å². The van der Waals surface area contributed by atoms with Gasteiger partial charge in [0.15, 0.2) is 0 Å². The van der Waals surface area contributed by atoms with E-state index in [4.69, 9.17) is 0 Å². The Hall–Kier alpha value is -0.0800. The molecular weight excluding hydrogens is 196 g/mol. The third-order valence-corrected chi connectivity index (χ3v) is 4.68. The van der Waals surface area contributed by atoms with Crippen molar-refractivity contribution in [3.8, 4) is 0 Å². The van der Waals surface area contributed by atoms with Crippen LogP contribution in [-0.2, 0) is 0 Å². The fourth-order valence-corrected chi connectivity index (χ4v) is 3.51. The van der Waals surface area contributed by atoms with Gasteiger partial charge in [-0.2, -0.15) is 0 Å². The molecular formula is C14H28N2. The SMILES string of the molecule is CC1CCC(CC2CCCN(C)C2)CN1C. The van der Waals surface area contributed by atoms with Crippen molar-refractivity contribution in [2.75, 3.05) is 33.7 Å². The van der Waals surface area contributed by atoms with Gasteiger partial charge in [0.05, 0.1) is 0 Å². The lowest BCUT2D eigenvalue weighted by Gasteiger charge is -2.38.